The Bertz CT molecular complexity index is 55.1. The van der Waals surface area contributed by atoms with E-state index >= 15 is 0 Å². The van der Waals surface area contributed by atoms with E-state index in [0.717, 1.165) is 19.3 Å². The van der Waals surface area contributed by atoms with Crippen LogP contribution in [0.4, 0.5) is 0 Å². The molecule has 0 aromatic heterocycles. The predicted octanol–water partition coefficient (Wildman–Crippen LogP) is -0.108. The normalized spacial score (nSPS) is 42.0. The Balaban J connectivity index is 2.33. The Morgan fingerprint density at radius 3 is 1.57 bits per heavy atom. The molecule has 0 spiro atoms. The highest BCUT2D eigenvalue weighted by Crippen LogP contribution is 2.17. The summed E-state index contributed by atoms with van der Waals surface area (Å²) in [4.78, 5) is 0. The third kappa shape index (κ3) is 0.924. The van der Waals surface area contributed by atoms with Crippen LogP contribution < -0.4 is 0 Å². The Hall–Kier alpha value is -0.0800. The van der Waals surface area contributed by atoms with E-state index in [2.05, 4.69) is 0 Å². The molecule has 7 heavy (non-hydrogen) atoms. The second kappa shape index (κ2) is 1.80. The van der Waals surface area contributed by atoms with Crippen molar-refractivity contribution in [3.63, 3.8) is 0 Å². The molecule has 2 N–H and O–H groups in total. The van der Waals surface area contributed by atoms with Crippen molar-refractivity contribution in [1.29, 1.82) is 0 Å². The standard InChI is InChI=1S/C5H10O2/c6-4-2-1-3-5(4)7/h4-7H,1-3H2/t4-,5-/m0/s1. The lowest BCUT2D eigenvalue weighted by Gasteiger charge is -2.03. The summed E-state index contributed by atoms with van der Waals surface area (Å²) < 4.78 is 0. The second-order valence-corrected chi connectivity index (χ2v) is 2.07. The zero-order chi connectivity index (χ0) is 5.28. The number of rotatable bonds is 0. The molecule has 1 saturated carbocycles. The molecule has 0 unspecified atom stereocenters. The van der Waals surface area contributed by atoms with Gasteiger partial charge >= 0.3 is 0 Å². The van der Waals surface area contributed by atoms with Gasteiger partial charge in [0, 0.05) is 0 Å². The van der Waals surface area contributed by atoms with Crippen molar-refractivity contribution in [1.82, 2.24) is 0 Å². The predicted molar refractivity (Wildman–Crippen MR) is 25.9 cm³/mol. The summed E-state index contributed by atoms with van der Waals surface area (Å²) in [5.41, 5.74) is 0. The fourth-order valence-corrected chi connectivity index (χ4v) is 0.921. The van der Waals surface area contributed by atoms with Gasteiger partial charge in [0.15, 0.2) is 0 Å². The average Bonchev–Trinajstić information content (AvgIpc) is 1.91. The van der Waals surface area contributed by atoms with Gasteiger partial charge in [-0.05, 0) is 19.3 Å². The summed E-state index contributed by atoms with van der Waals surface area (Å²) in [6, 6.07) is 0. The number of aliphatic hydroxyl groups excluding tert-OH is 2. The molecule has 1 aliphatic carbocycles. The van der Waals surface area contributed by atoms with Gasteiger partial charge in [0.1, 0.15) is 0 Å². The Morgan fingerprint density at radius 2 is 1.43 bits per heavy atom. The van der Waals surface area contributed by atoms with E-state index in [1.165, 1.54) is 0 Å². The van der Waals surface area contributed by atoms with Gasteiger partial charge < -0.3 is 10.2 Å². The van der Waals surface area contributed by atoms with Gasteiger partial charge in [0.25, 0.3) is 0 Å². The first-order chi connectivity index (χ1) is 3.30. The van der Waals surface area contributed by atoms with E-state index in [1.54, 1.807) is 0 Å². The van der Waals surface area contributed by atoms with Crippen molar-refractivity contribution >= 4 is 0 Å². The van der Waals surface area contributed by atoms with E-state index in [-0.39, 0.29) is 0 Å². The smallest absolute Gasteiger partial charge is 0.0799 e. The quantitative estimate of drug-likeness (QED) is 0.448. The van der Waals surface area contributed by atoms with E-state index in [0.29, 0.717) is 0 Å². The summed E-state index contributed by atoms with van der Waals surface area (Å²) in [6.07, 6.45) is 1.67. The van der Waals surface area contributed by atoms with Crippen LogP contribution in [-0.2, 0) is 0 Å². The Kier molecular flexibility index (Phi) is 1.30. The summed E-state index contributed by atoms with van der Waals surface area (Å²) in [5.74, 6) is 0. The maximum atomic E-state index is 8.75. The summed E-state index contributed by atoms with van der Waals surface area (Å²) in [5, 5.41) is 17.5. The van der Waals surface area contributed by atoms with Crippen LogP contribution in [0.1, 0.15) is 19.3 Å². The largest absolute Gasteiger partial charge is 0.390 e. The molecule has 1 aliphatic rings. The number of aliphatic hydroxyl groups is 2. The first-order valence-electron chi connectivity index (χ1n) is 2.67. The lowest BCUT2D eigenvalue weighted by Crippen LogP contribution is -2.17. The highest BCUT2D eigenvalue weighted by atomic mass is 16.3. The summed E-state index contributed by atoms with van der Waals surface area (Å²) in [6.45, 7) is 0. The average molecular weight is 102 g/mol. The lowest BCUT2D eigenvalue weighted by molar-refractivity contribution is 0.0438. The van der Waals surface area contributed by atoms with E-state index in [1.807, 2.05) is 0 Å². The highest BCUT2D eigenvalue weighted by molar-refractivity contribution is 4.74. The highest BCUT2D eigenvalue weighted by Gasteiger charge is 2.21. The molecule has 2 nitrogen and oxygen atoms in total. The zero-order valence-electron chi connectivity index (χ0n) is 4.17. The van der Waals surface area contributed by atoms with Crippen LogP contribution in [0.15, 0.2) is 0 Å². The van der Waals surface area contributed by atoms with Gasteiger partial charge in [0.05, 0.1) is 12.2 Å². The molecule has 0 radical (unpaired) electrons. The van der Waals surface area contributed by atoms with Gasteiger partial charge in [-0.1, -0.05) is 0 Å². The van der Waals surface area contributed by atoms with E-state index in [9.17, 15) is 0 Å². The van der Waals surface area contributed by atoms with Gasteiger partial charge in [0.2, 0.25) is 0 Å². The topological polar surface area (TPSA) is 40.5 Å². The zero-order valence-corrected chi connectivity index (χ0v) is 4.17. The molecule has 0 saturated heterocycles. The molecule has 2 heteroatoms. The SMILES string of the molecule is O[C@H]1CCC[C@@H]1O. The fourth-order valence-electron chi connectivity index (χ4n) is 0.921. The Labute approximate surface area is 42.8 Å². The van der Waals surface area contributed by atoms with Gasteiger partial charge in [-0.25, -0.2) is 0 Å². The molecular weight excluding hydrogens is 92.1 g/mol. The lowest BCUT2D eigenvalue weighted by atomic mass is 10.3. The monoisotopic (exact) mass is 102 g/mol. The minimum atomic E-state index is -0.431. The van der Waals surface area contributed by atoms with Gasteiger partial charge in [-0.2, -0.15) is 0 Å². The summed E-state index contributed by atoms with van der Waals surface area (Å²) in [7, 11) is 0. The van der Waals surface area contributed by atoms with Crippen molar-refractivity contribution in [3.8, 4) is 0 Å². The fraction of sp³-hybridized carbons (Fsp3) is 1.00. The molecule has 0 aliphatic heterocycles. The molecule has 1 fully saturated rings. The first kappa shape index (κ1) is 5.06. The van der Waals surface area contributed by atoms with Crippen LogP contribution in [0.5, 0.6) is 0 Å². The second-order valence-electron chi connectivity index (χ2n) is 2.07. The molecule has 1 rings (SSSR count). The Morgan fingerprint density at radius 1 is 1.00 bits per heavy atom. The van der Waals surface area contributed by atoms with E-state index < -0.39 is 12.2 Å². The molecule has 0 bridgehead atoms. The number of hydrogen-bond acceptors (Lipinski definition) is 2. The number of hydrogen-bond donors (Lipinski definition) is 2. The molecule has 42 valence electrons. The van der Waals surface area contributed by atoms with Crippen molar-refractivity contribution in [2.24, 2.45) is 0 Å². The van der Waals surface area contributed by atoms with Crippen LogP contribution in [0, 0.1) is 0 Å². The van der Waals surface area contributed by atoms with Crippen molar-refractivity contribution in [2.75, 3.05) is 0 Å². The van der Waals surface area contributed by atoms with Crippen molar-refractivity contribution in [3.05, 3.63) is 0 Å². The molecular formula is C5H10O2. The van der Waals surface area contributed by atoms with Crippen molar-refractivity contribution < 1.29 is 10.2 Å². The maximum Gasteiger partial charge on any atom is 0.0799 e. The third-order valence-corrected chi connectivity index (χ3v) is 1.44. The van der Waals surface area contributed by atoms with Crippen LogP contribution in [0.3, 0.4) is 0 Å². The van der Waals surface area contributed by atoms with Crippen LogP contribution in [0.2, 0.25) is 0 Å². The van der Waals surface area contributed by atoms with E-state index in [4.69, 9.17) is 10.2 Å². The first-order valence-corrected chi connectivity index (χ1v) is 2.67. The molecule has 0 amide bonds. The molecule has 0 aromatic carbocycles. The van der Waals surface area contributed by atoms with Crippen LogP contribution in [-0.4, -0.2) is 22.4 Å². The maximum absolute atomic E-state index is 8.75. The minimum Gasteiger partial charge on any atom is -0.390 e. The van der Waals surface area contributed by atoms with Crippen LogP contribution >= 0.6 is 0 Å². The summed E-state index contributed by atoms with van der Waals surface area (Å²) >= 11 is 0. The molecule has 2 atom stereocenters. The van der Waals surface area contributed by atoms with Crippen molar-refractivity contribution in [2.45, 2.75) is 31.5 Å². The molecule has 0 heterocycles. The molecule has 0 aromatic rings. The van der Waals surface area contributed by atoms with Gasteiger partial charge in [-0.3, -0.25) is 0 Å². The van der Waals surface area contributed by atoms with Crippen LogP contribution in [0.25, 0.3) is 0 Å². The minimum absolute atomic E-state index is 0.431. The third-order valence-electron chi connectivity index (χ3n) is 1.44. The van der Waals surface area contributed by atoms with Gasteiger partial charge in [-0.15, -0.1) is 0 Å².